The second-order valence-electron chi connectivity index (χ2n) is 3.83. The summed E-state index contributed by atoms with van der Waals surface area (Å²) in [5.74, 6) is 0.0414. The van der Waals surface area contributed by atoms with Crippen LogP contribution in [-0.2, 0) is 0 Å². The van der Waals surface area contributed by atoms with Crippen LogP contribution in [-0.4, -0.2) is 17.8 Å². The Bertz CT molecular complexity index is 352. The first-order valence-corrected chi connectivity index (χ1v) is 6.38. The summed E-state index contributed by atoms with van der Waals surface area (Å²) in [6.07, 6.45) is 0. The number of halogens is 3. The van der Waals surface area contributed by atoms with Crippen molar-refractivity contribution in [2.45, 2.75) is 25.4 Å². The van der Waals surface area contributed by atoms with Gasteiger partial charge >= 0.3 is 5.51 Å². The molecule has 0 heterocycles. The Kier molecular flexibility index (Phi) is 5.33. The van der Waals surface area contributed by atoms with Gasteiger partial charge in [-0.25, -0.2) is 0 Å². The van der Waals surface area contributed by atoms with Crippen molar-refractivity contribution in [1.29, 1.82) is 0 Å². The van der Waals surface area contributed by atoms with E-state index in [0.717, 1.165) is 11.1 Å². The van der Waals surface area contributed by atoms with Crippen LogP contribution in [0.1, 0.15) is 24.1 Å². The van der Waals surface area contributed by atoms with Crippen LogP contribution < -0.4 is 5.32 Å². The zero-order chi connectivity index (χ0) is 12.9. The zero-order valence-corrected chi connectivity index (χ0v) is 10.7. The summed E-state index contributed by atoms with van der Waals surface area (Å²) in [7, 11) is 0. The lowest BCUT2D eigenvalue weighted by Crippen LogP contribution is -2.23. The van der Waals surface area contributed by atoms with E-state index in [1.807, 2.05) is 38.1 Å². The molecule has 1 atom stereocenters. The van der Waals surface area contributed by atoms with Gasteiger partial charge in [0.15, 0.2) is 0 Å². The highest BCUT2D eigenvalue weighted by atomic mass is 32.2. The molecule has 0 aliphatic carbocycles. The highest BCUT2D eigenvalue weighted by Gasteiger charge is 2.27. The molecule has 5 heteroatoms. The van der Waals surface area contributed by atoms with Crippen molar-refractivity contribution >= 4 is 11.8 Å². The zero-order valence-electron chi connectivity index (χ0n) is 9.84. The van der Waals surface area contributed by atoms with Gasteiger partial charge in [-0.1, -0.05) is 24.3 Å². The van der Waals surface area contributed by atoms with E-state index in [1.165, 1.54) is 0 Å². The van der Waals surface area contributed by atoms with E-state index >= 15 is 0 Å². The lowest BCUT2D eigenvalue weighted by atomic mass is 10.0. The van der Waals surface area contributed by atoms with E-state index in [1.54, 1.807) is 0 Å². The molecule has 0 saturated carbocycles. The molecule has 1 aromatic rings. The molecule has 17 heavy (non-hydrogen) atoms. The monoisotopic (exact) mass is 263 g/mol. The van der Waals surface area contributed by atoms with Crippen LogP contribution >= 0.6 is 11.8 Å². The third-order valence-electron chi connectivity index (χ3n) is 2.47. The molecule has 1 rings (SSSR count). The van der Waals surface area contributed by atoms with Crippen LogP contribution in [0.25, 0.3) is 0 Å². The smallest absolute Gasteiger partial charge is 0.309 e. The molecule has 0 spiro atoms. The van der Waals surface area contributed by atoms with Gasteiger partial charge in [0.25, 0.3) is 0 Å². The van der Waals surface area contributed by atoms with Gasteiger partial charge in [-0.3, -0.25) is 0 Å². The molecule has 0 aliphatic heterocycles. The maximum atomic E-state index is 11.9. The van der Waals surface area contributed by atoms with E-state index in [4.69, 9.17) is 0 Å². The first-order valence-electron chi connectivity index (χ1n) is 5.40. The van der Waals surface area contributed by atoms with Crippen molar-refractivity contribution in [3.8, 4) is 0 Å². The van der Waals surface area contributed by atoms with Gasteiger partial charge in [0.1, 0.15) is 0 Å². The number of hydrogen-bond acceptors (Lipinski definition) is 2. The molecule has 0 unspecified atom stereocenters. The highest BCUT2D eigenvalue weighted by molar-refractivity contribution is 8.00. The Morgan fingerprint density at radius 2 is 1.94 bits per heavy atom. The molecule has 0 fully saturated rings. The van der Waals surface area contributed by atoms with Gasteiger partial charge < -0.3 is 5.32 Å². The molecule has 1 aromatic carbocycles. The van der Waals surface area contributed by atoms with Crippen molar-refractivity contribution < 1.29 is 13.2 Å². The highest BCUT2D eigenvalue weighted by Crippen LogP contribution is 2.29. The third-order valence-corrected chi connectivity index (χ3v) is 3.21. The summed E-state index contributed by atoms with van der Waals surface area (Å²) < 4.78 is 35.7. The van der Waals surface area contributed by atoms with E-state index in [0.29, 0.717) is 6.54 Å². The molecule has 0 bridgehead atoms. The Labute approximate surface area is 104 Å². The van der Waals surface area contributed by atoms with Crippen molar-refractivity contribution in [3.05, 3.63) is 35.4 Å². The summed E-state index contributed by atoms with van der Waals surface area (Å²) in [6, 6.07) is 7.95. The van der Waals surface area contributed by atoms with Crippen molar-refractivity contribution in [2.75, 3.05) is 12.3 Å². The molecule has 1 N–H and O–H groups in total. The van der Waals surface area contributed by atoms with Crippen molar-refractivity contribution in [1.82, 2.24) is 5.32 Å². The van der Waals surface area contributed by atoms with Gasteiger partial charge in [-0.2, -0.15) is 13.2 Å². The van der Waals surface area contributed by atoms with Gasteiger partial charge in [-0.15, -0.1) is 0 Å². The molecule has 0 amide bonds. The Balaban J connectivity index is 2.36. The average Bonchev–Trinajstić information content (AvgIpc) is 2.23. The summed E-state index contributed by atoms with van der Waals surface area (Å²) in [5.41, 5.74) is -1.85. The van der Waals surface area contributed by atoms with Gasteiger partial charge in [0.2, 0.25) is 0 Å². The summed E-state index contributed by atoms with van der Waals surface area (Å²) in [5, 5.41) is 3.09. The largest absolute Gasteiger partial charge is 0.441 e. The second kappa shape index (κ2) is 6.31. The number of nitrogens with one attached hydrogen (secondary N) is 1. The molecule has 1 nitrogen and oxygen atoms in total. The third kappa shape index (κ3) is 5.46. The second-order valence-corrected chi connectivity index (χ2v) is 4.99. The Hall–Kier alpha value is -0.680. The minimum absolute atomic E-state index is 0.0124. The molecule has 0 saturated heterocycles. The van der Waals surface area contributed by atoms with Crippen LogP contribution in [0.4, 0.5) is 13.2 Å². The molecule has 96 valence electrons. The van der Waals surface area contributed by atoms with Crippen LogP contribution in [0.15, 0.2) is 24.3 Å². The van der Waals surface area contributed by atoms with Crippen LogP contribution in [0.3, 0.4) is 0 Å². The lowest BCUT2D eigenvalue weighted by Gasteiger charge is -2.16. The van der Waals surface area contributed by atoms with Crippen LogP contribution in [0.2, 0.25) is 0 Å². The Morgan fingerprint density at radius 3 is 2.53 bits per heavy atom. The van der Waals surface area contributed by atoms with Crippen molar-refractivity contribution in [3.63, 3.8) is 0 Å². The molecule has 0 aliphatic rings. The maximum absolute atomic E-state index is 11.9. The molecular formula is C12H16F3NS. The van der Waals surface area contributed by atoms with Gasteiger partial charge in [0, 0.05) is 18.3 Å². The fraction of sp³-hybridized carbons (Fsp3) is 0.500. The number of thioether (sulfide) groups is 1. The van der Waals surface area contributed by atoms with Crippen LogP contribution in [0.5, 0.6) is 0 Å². The summed E-state index contributed by atoms with van der Waals surface area (Å²) in [4.78, 5) is 0. The number of alkyl halides is 3. The van der Waals surface area contributed by atoms with Gasteiger partial charge in [0.05, 0.1) is 0 Å². The average molecular weight is 263 g/mol. The minimum atomic E-state index is -4.13. The molecule has 0 radical (unpaired) electrons. The first-order chi connectivity index (χ1) is 7.90. The summed E-state index contributed by atoms with van der Waals surface area (Å²) >= 11 is 0.0124. The quantitative estimate of drug-likeness (QED) is 0.809. The summed E-state index contributed by atoms with van der Waals surface area (Å²) in [6.45, 7) is 4.30. The van der Waals surface area contributed by atoms with E-state index in [-0.39, 0.29) is 23.6 Å². The number of aryl methyl sites for hydroxylation is 1. The Morgan fingerprint density at radius 1 is 1.29 bits per heavy atom. The molecule has 0 aromatic heterocycles. The van der Waals surface area contributed by atoms with E-state index in [9.17, 15) is 13.2 Å². The number of hydrogen-bond donors (Lipinski definition) is 1. The number of rotatable bonds is 5. The predicted octanol–water partition coefficient (Wildman–Crippen LogP) is 3.90. The SMILES string of the molecule is Cc1ccccc1[C@@H](C)NCCSC(F)(F)F. The van der Waals surface area contributed by atoms with Crippen molar-refractivity contribution in [2.24, 2.45) is 0 Å². The van der Waals surface area contributed by atoms with Gasteiger partial charge in [-0.05, 0) is 36.7 Å². The van der Waals surface area contributed by atoms with E-state index in [2.05, 4.69) is 5.32 Å². The van der Waals surface area contributed by atoms with Crippen LogP contribution in [0, 0.1) is 6.92 Å². The first kappa shape index (κ1) is 14.4. The fourth-order valence-corrected chi connectivity index (χ4v) is 2.08. The maximum Gasteiger partial charge on any atom is 0.441 e. The van der Waals surface area contributed by atoms with E-state index < -0.39 is 5.51 Å². The lowest BCUT2D eigenvalue weighted by molar-refractivity contribution is -0.0327. The minimum Gasteiger partial charge on any atom is -0.309 e. The topological polar surface area (TPSA) is 12.0 Å². The standard InChI is InChI=1S/C12H16F3NS/c1-9-5-3-4-6-11(9)10(2)16-7-8-17-12(13,14)15/h3-6,10,16H,7-8H2,1-2H3/t10-/m1/s1. The predicted molar refractivity (Wildman–Crippen MR) is 66.1 cm³/mol. The number of benzene rings is 1. The fourth-order valence-electron chi connectivity index (χ4n) is 1.62. The molecular weight excluding hydrogens is 247 g/mol. The normalized spacial score (nSPS) is 13.7.